The Balaban J connectivity index is 0.00000288. The molecule has 0 atom stereocenters. The normalized spacial score (nSPS) is 15.9. The number of nitrogens with zero attached hydrogens (tertiary/aromatic N) is 5. The molecule has 0 unspecified atom stereocenters. The van der Waals surface area contributed by atoms with Crippen LogP contribution in [-0.4, -0.2) is 63.4 Å². The summed E-state index contributed by atoms with van der Waals surface area (Å²) >= 11 is 0. The standard InChI is InChI=1S/C15H26N6O2.HI/c1-15(2,3)23-14(22)21-7-5-20(6-8-21)13(16)17-9-12-10-18-19(4)11-12;/h10-11H,5-9H2,1-4H3,(H2,16,17);1H. The fraction of sp³-hybridized carbons (Fsp3) is 0.667. The molecule has 1 aliphatic heterocycles. The van der Waals surface area contributed by atoms with E-state index in [2.05, 4.69) is 10.1 Å². The highest BCUT2D eigenvalue weighted by atomic mass is 127. The number of carbonyl (C=O) groups excluding carboxylic acids is 1. The van der Waals surface area contributed by atoms with Crippen LogP contribution in [0.15, 0.2) is 17.4 Å². The molecule has 2 N–H and O–H groups in total. The second kappa shape index (κ2) is 8.54. The van der Waals surface area contributed by atoms with E-state index in [9.17, 15) is 4.79 Å². The van der Waals surface area contributed by atoms with E-state index in [0.29, 0.717) is 38.7 Å². The smallest absolute Gasteiger partial charge is 0.410 e. The molecule has 2 rings (SSSR count). The number of carbonyl (C=O) groups is 1. The first-order valence-corrected chi connectivity index (χ1v) is 7.75. The number of aliphatic imine (C=N–C) groups is 1. The van der Waals surface area contributed by atoms with Crippen molar-refractivity contribution >= 4 is 36.0 Å². The Morgan fingerprint density at radius 3 is 2.38 bits per heavy atom. The Morgan fingerprint density at radius 2 is 1.88 bits per heavy atom. The minimum atomic E-state index is -0.474. The van der Waals surface area contributed by atoms with Gasteiger partial charge in [0.25, 0.3) is 0 Å². The van der Waals surface area contributed by atoms with E-state index in [-0.39, 0.29) is 30.1 Å². The Morgan fingerprint density at radius 1 is 1.29 bits per heavy atom. The van der Waals surface area contributed by atoms with Crippen LogP contribution in [0.3, 0.4) is 0 Å². The van der Waals surface area contributed by atoms with Gasteiger partial charge in [0.1, 0.15) is 5.60 Å². The van der Waals surface area contributed by atoms with E-state index in [0.717, 1.165) is 5.56 Å². The van der Waals surface area contributed by atoms with Crippen LogP contribution >= 0.6 is 24.0 Å². The van der Waals surface area contributed by atoms with Crippen LogP contribution in [0.5, 0.6) is 0 Å². The maximum atomic E-state index is 12.0. The predicted molar refractivity (Wildman–Crippen MR) is 103 cm³/mol. The van der Waals surface area contributed by atoms with Crippen molar-refractivity contribution in [2.45, 2.75) is 32.9 Å². The van der Waals surface area contributed by atoms with Gasteiger partial charge in [0.05, 0.1) is 12.7 Å². The number of hydrogen-bond acceptors (Lipinski definition) is 4. The van der Waals surface area contributed by atoms with Gasteiger partial charge in [-0.2, -0.15) is 5.10 Å². The highest BCUT2D eigenvalue weighted by Gasteiger charge is 2.26. The largest absolute Gasteiger partial charge is 0.444 e. The summed E-state index contributed by atoms with van der Waals surface area (Å²) in [7, 11) is 1.87. The average molecular weight is 450 g/mol. The molecule has 0 bridgehead atoms. The number of piperazine rings is 1. The van der Waals surface area contributed by atoms with Gasteiger partial charge >= 0.3 is 6.09 Å². The van der Waals surface area contributed by atoms with Crippen molar-refractivity contribution in [3.63, 3.8) is 0 Å². The highest BCUT2D eigenvalue weighted by Crippen LogP contribution is 2.12. The lowest BCUT2D eigenvalue weighted by Gasteiger charge is -2.36. The zero-order valence-electron chi connectivity index (χ0n) is 14.7. The Kier molecular flexibility index (Phi) is 7.30. The van der Waals surface area contributed by atoms with Gasteiger partial charge in [-0.25, -0.2) is 9.79 Å². The molecule has 2 heterocycles. The van der Waals surface area contributed by atoms with Crippen molar-refractivity contribution in [2.75, 3.05) is 26.2 Å². The Hall–Kier alpha value is -1.52. The summed E-state index contributed by atoms with van der Waals surface area (Å²) in [5.74, 6) is 0.498. The Labute approximate surface area is 160 Å². The van der Waals surface area contributed by atoms with Crippen molar-refractivity contribution in [2.24, 2.45) is 17.8 Å². The van der Waals surface area contributed by atoms with Gasteiger partial charge in [-0.3, -0.25) is 4.68 Å². The first-order valence-electron chi connectivity index (χ1n) is 7.75. The van der Waals surface area contributed by atoms with Gasteiger partial charge in [0.2, 0.25) is 0 Å². The van der Waals surface area contributed by atoms with Crippen LogP contribution < -0.4 is 5.73 Å². The maximum absolute atomic E-state index is 12.0. The summed E-state index contributed by atoms with van der Waals surface area (Å²) in [6.07, 6.45) is 3.41. The van der Waals surface area contributed by atoms with Crippen LogP contribution in [0.1, 0.15) is 26.3 Å². The lowest BCUT2D eigenvalue weighted by molar-refractivity contribution is 0.0186. The van der Waals surface area contributed by atoms with E-state index in [1.165, 1.54) is 0 Å². The minimum Gasteiger partial charge on any atom is -0.444 e. The first kappa shape index (κ1) is 20.5. The van der Waals surface area contributed by atoms with E-state index in [4.69, 9.17) is 10.5 Å². The molecule has 0 saturated carbocycles. The number of ether oxygens (including phenoxy) is 1. The van der Waals surface area contributed by atoms with E-state index in [1.54, 1.807) is 15.8 Å². The number of hydrogen-bond donors (Lipinski definition) is 1. The van der Waals surface area contributed by atoms with Crippen molar-refractivity contribution < 1.29 is 9.53 Å². The van der Waals surface area contributed by atoms with Gasteiger partial charge < -0.3 is 20.3 Å². The third-order valence-electron chi connectivity index (χ3n) is 3.44. The third-order valence-corrected chi connectivity index (χ3v) is 3.44. The van der Waals surface area contributed by atoms with Crippen molar-refractivity contribution in [3.8, 4) is 0 Å². The summed E-state index contributed by atoms with van der Waals surface area (Å²) in [4.78, 5) is 20.1. The van der Waals surface area contributed by atoms with Crippen LogP contribution in [0.2, 0.25) is 0 Å². The van der Waals surface area contributed by atoms with Crippen molar-refractivity contribution in [3.05, 3.63) is 18.0 Å². The van der Waals surface area contributed by atoms with Gasteiger partial charge in [0, 0.05) is 45.0 Å². The molecule has 0 aromatic carbocycles. The minimum absolute atomic E-state index is 0. The quantitative estimate of drug-likeness (QED) is 0.418. The topological polar surface area (TPSA) is 89.0 Å². The molecule has 0 spiro atoms. The number of nitrogens with two attached hydrogens (primary N) is 1. The van der Waals surface area contributed by atoms with Crippen LogP contribution in [0.4, 0.5) is 4.79 Å². The van der Waals surface area contributed by atoms with Gasteiger partial charge in [-0.1, -0.05) is 0 Å². The van der Waals surface area contributed by atoms with Crippen LogP contribution in [-0.2, 0) is 18.3 Å². The second-order valence-corrected chi connectivity index (χ2v) is 6.65. The summed E-state index contributed by atoms with van der Waals surface area (Å²) in [5, 5.41) is 4.10. The summed E-state index contributed by atoms with van der Waals surface area (Å²) in [6.45, 7) is 8.57. The summed E-state index contributed by atoms with van der Waals surface area (Å²) in [6, 6.07) is 0. The van der Waals surface area contributed by atoms with Gasteiger partial charge in [-0.15, -0.1) is 24.0 Å². The molecule has 1 fully saturated rings. The second-order valence-electron chi connectivity index (χ2n) is 6.65. The SMILES string of the molecule is Cn1cc(CN=C(N)N2CCN(C(=O)OC(C)(C)C)CC2)cn1.I. The molecule has 136 valence electrons. The van der Waals surface area contributed by atoms with Crippen LogP contribution in [0, 0.1) is 0 Å². The van der Waals surface area contributed by atoms with Crippen molar-refractivity contribution in [1.82, 2.24) is 19.6 Å². The number of rotatable bonds is 2. The Bertz CT molecular complexity index is 573. The zero-order chi connectivity index (χ0) is 17.0. The van der Waals surface area contributed by atoms with E-state index in [1.807, 2.05) is 38.9 Å². The number of halogens is 1. The number of aromatic nitrogens is 2. The van der Waals surface area contributed by atoms with Gasteiger partial charge in [0.15, 0.2) is 5.96 Å². The number of amides is 1. The maximum Gasteiger partial charge on any atom is 0.410 e. The molecule has 1 aliphatic rings. The molecule has 0 radical (unpaired) electrons. The highest BCUT2D eigenvalue weighted by molar-refractivity contribution is 14.0. The van der Waals surface area contributed by atoms with Crippen LogP contribution in [0.25, 0.3) is 0 Å². The van der Waals surface area contributed by atoms with Crippen molar-refractivity contribution in [1.29, 1.82) is 0 Å². The molecule has 1 aromatic heterocycles. The molecular formula is C15H27IN6O2. The molecule has 0 aliphatic carbocycles. The molecule has 8 nitrogen and oxygen atoms in total. The predicted octanol–water partition coefficient (Wildman–Crippen LogP) is 1.41. The molecular weight excluding hydrogens is 423 g/mol. The number of aryl methyl sites for hydroxylation is 1. The van der Waals surface area contributed by atoms with Gasteiger partial charge in [-0.05, 0) is 20.8 Å². The fourth-order valence-corrected chi connectivity index (χ4v) is 2.27. The summed E-state index contributed by atoms with van der Waals surface area (Å²) < 4.78 is 7.12. The molecule has 1 aromatic rings. The molecule has 24 heavy (non-hydrogen) atoms. The lowest BCUT2D eigenvalue weighted by Crippen LogP contribution is -2.53. The monoisotopic (exact) mass is 450 g/mol. The zero-order valence-corrected chi connectivity index (χ0v) is 17.1. The summed E-state index contributed by atoms with van der Waals surface area (Å²) in [5.41, 5.74) is 6.58. The molecule has 9 heteroatoms. The average Bonchev–Trinajstić information content (AvgIpc) is 2.89. The third kappa shape index (κ3) is 6.17. The fourth-order valence-electron chi connectivity index (χ4n) is 2.27. The van der Waals surface area contributed by atoms with E-state index < -0.39 is 5.60 Å². The molecule has 1 saturated heterocycles. The van der Waals surface area contributed by atoms with E-state index >= 15 is 0 Å². The molecule has 1 amide bonds. The first-order chi connectivity index (χ1) is 10.7. The number of guanidine groups is 1. The lowest BCUT2D eigenvalue weighted by atomic mass is 10.2.